The highest BCUT2D eigenvalue weighted by atomic mass is 32.2. The molecule has 0 aromatic heterocycles. The summed E-state index contributed by atoms with van der Waals surface area (Å²) in [4.78, 5) is 13.0. The smallest absolute Gasteiger partial charge is 0.243 e. The van der Waals surface area contributed by atoms with Gasteiger partial charge in [-0.05, 0) is 38.0 Å². The highest BCUT2D eigenvalue weighted by Crippen LogP contribution is 2.32. The fourth-order valence-corrected chi connectivity index (χ4v) is 5.40. The van der Waals surface area contributed by atoms with Crippen LogP contribution in [0, 0.1) is 5.92 Å². The summed E-state index contributed by atoms with van der Waals surface area (Å²) in [5.41, 5.74) is 0.900. The van der Waals surface area contributed by atoms with E-state index in [1.807, 2.05) is 31.2 Å². The molecule has 0 spiro atoms. The maximum atomic E-state index is 13.1. The van der Waals surface area contributed by atoms with Crippen molar-refractivity contribution in [1.82, 2.24) is 9.62 Å². The topological polar surface area (TPSA) is 94.2 Å². The van der Waals surface area contributed by atoms with Gasteiger partial charge >= 0.3 is 0 Å². The van der Waals surface area contributed by atoms with E-state index in [4.69, 9.17) is 14.2 Å². The number of para-hydroxylation sites is 1. The number of amides is 1. The van der Waals surface area contributed by atoms with Gasteiger partial charge in [0, 0.05) is 30.6 Å². The summed E-state index contributed by atoms with van der Waals surface area (Å²) in [5, 5.41) is 3.04. The van der Waals surface area contributed by atoms with E-state index in [1.54, 1.807) is 13.2 Å². The van der Waals surface area contributed by atoms with Gasteiger partial charge in [-0.15, -0.1) is 0 Å². The minimum Gasteiger partial charge on any atom is -0.496 e. The summed E-state index contributed by atoms with van der Waals surface area (Å²) >= 11 is 0. The van der Waals surface area contributed by atoms with Crippen LogP contribution in [0.2, 0.25) is 0 Å². The maximum Gasteiger partial charge on any atom is 0.243 e. The molecule has 1 N–H and O–H groups in total. The molecule has 8 nitrogen and oxygen atoms in total. The van der Waals surface area contributed by atoms with Crippen LogP contribution in [-0.2, 0) is 14.8 Å². The van der Waals surface area contributed by atoms with Gasteiger partial charge < -0.3 is 19.5 Å². The van der Waals surface area contributed by atoms with Crippen LogP contribution in [0.1, 0.15) is 31.4 Å². The van der Waals surface area contributed by atoms with E-state index < -0.39 is 10.0 Å². The average Bonchev–Trinajstić information content (AvgIpc) is 2.83. The first-order chi connectivity index (χ1) is 15.3. The largest absolute Gasteiger partial charge is 0.496 e. The zero-order chi connectivity index (χ0) is 23.3. The molecular formula is C23H30N2O6S. The average molecular weight is 463 g/mol. The number of nitrogens with zero attached hydrogens (tertiary/aromatic N) is 1. The van der Waals surface area contributed by atoms with Crippen LogP contribution >= 0.6 is 0 Å². The SMILES string of the molecule is COc1ccc(S(=O)(=O)N2CCC(C(=O)N[C@H](C)c3ccccc3OC)CC2)cc1OC. The van der Waals surface area contributed by atoms with E-state index >= 15 is 0 Å². The Labute approximate surface area is 189 Å². The number of piperidine rings is 1. The Morgan fingerprint density at radius 1 is 0.969 bits per heavy atom. The molecular weight excluding hydrogens is 432 g/mol. The molecule has 1 amide bonds. The number of ether oxygens (including phenoxy) is 3. The van der Waals surface area contributed by atoms with Gasteiger partial charge in [0.15, 0.2) is 11.5 Å². The van der Waals surface area contributed by atoms with E-state index in [2.05, 4.69) is 5.32 Å². The van der Waals surface area contributed by atoms with Crippen molar-refractivity contribution in [3.8, 4) is 17.2 Å². The maximum absolute atomic E-state index is 13.1. The van der Waals surface area contributed by atoms with Crippen LogP contribution in [0.3, 0.4) is 0 Å². The lowest BCUT2D eigenvalue weighted by atomic mass is 9.96. The number of rotatable bonds is 8. The van der Waals surface area contributed by atoms with Crippen molar-refractivity contribution in [2.24, 2.45) is 5.92 Å². The van der Waals surface area contributed by atoms with Crippen LogP contribution in [0.5, 0.6) is 17.2 Å². The van der Waals surface area contributed by atoms with Crippen molar-refractivity contribution in [3.05, 3.63) is 48.0 Å². The van der Waals surface area contributed by atoms with Gasteiger partial charge in [0.05, 0.1) is 32.3 Å². The molecule has 9 heteroatoms. The second kappa shape index (κ2) is 10.2. The molecule has 1 aliphatic rings. The third-order valence-electron chi connectivity index (χ3n) is 5.78. The van der Waals surface area contributed by atoms with Gasteiger partial charge in [-0.3, -0.25) is 4.79 Å². The van der Waals surface area contributed by atoms with E-state index in [9.17, 15) is 13.2 Å². The van der Waals surface area contributed by atoms with Crippen LogP contribution in [0.25, 0.3) is 0 Å². The number of benzene rings is 2. The quantitative estimate of drug-likeness (QED) is 0.648. The van der Waals surface area contributed by atoms with Crippen molar-refractivity contribution in [2.45, 2.75) is 30.7 Å². The fraction of sp³-hybridized carbons (Fsp3) is 0.435. The van der Waals surface area contributed by atoms with E-state index in [0.29, 0.717) is 24.3 Å². The zero-order valence-electron chi connectivity index (χ0n) is 18.8. The number of nitrogens with one attached hydrogen (secondary N) is 1. The predicted molar refractivity (Wildman–Crippen MR) is 121 cm³/mol. The van der Waals surface area contributed by atoms with Crippen molar-refractivity contribution < 1.29 is 27.4 Å². The van der Waals surface area contributed by atoms with Crippen molar-refractivity contribution in [3.63, 3.8) is 0 Å². The first-order valence-electron chi connectivity index (χ1n) is 10.5. The Balaban J connectivity index is 1.63. The van der Waals surface area contributed by atoms with E-state index in [-0.39, 0.29) is 35.9 Å². The Morgan fingerprint density at radius 2 is 1.59 bits per heavy atom. The molecule has 2 aromatic carbocycles. The molecule has 3 rings (SSSR count). The van der Waals surface area contributed by atoms with E-state index in [1.165, 1.54) is 30.7 Å². The Bertz CT molecular complexity index is 1050. The summed E-state index contributed by atoms with van der Waals surface area (Å²) in [7, 11) is 0.864. The van der Waals surface area contributed by atoms with Crippen LogP contribution in [0.15, 0.2) is 47.4 Å². The van der Waals surface area contributed by atoms with Crippen molar-refractivity contribution in [1.29, 1.82) is 0 Å². The van der Waals surface area contributed by atoms with Crippen molar-refractivity contribution >= 4 is 15.9 Å². The van der Waals surface area contributed by atoms with Crippen molar-refractivity contribution in [2.75, 3.05) is 34.4 Å². The molecule has 1 heterocycles. The summed E-state index contributed by atoms with van der Waals surface area (Å²) < 4.78 is 43.4. The highest BCUT2D eigenvalue weighted by Gasteiger charge is 2.33. The van der Waals surface area contributed by atoms with Crippen LogP contribution in [0.4, 0.5) is 0 Å². The van der Waals surface area contributed by atoms with Gasteiger partial charge in [-0.1, -0.05) is 18.2 Å². The number of carbonyl (C=O) groups excluding carboxylic acids is 1. The minimum absolute atomic E-state index is 0.0772. The number of hydrogen-bond acceptors (Lipinski definition) is 6. The van der Waals surface area contributed by atoms with E-state index in [0.717, 1.165) is 11.3 Å². The standard InChI is InChI=1S/C23H30N2O6S/c1-16(19-7-5-6-8-20(19)29-2)24-23(26)17-11-13-25(14-12-17)32(27,28)18-9-10-21(30-3)22(15-18)31-4/h5-10,15-17H,11-14H2,1-4H3,(H,24,26)/t16-/m1/s1. The molecule has 0 unspecified atom stereocenters. The van der Waals surface area contributed by atoms with Crippen LogP contribution in [-0.4, -0.2) is 53.0 Å². The molecule has 1 aliphatic heterocycles. The molecule has 32 heavy (non-hydrogen) atoms. The van der Waals surface area contributed by atoms with Gasteiger partial charge in [0.1, 0.15) is 5.75 Å². The molecule has 0 saturated carbocycles. The number of sulfonamides is 1. The second-order valence-electron chi connectivity index (χ2n) is 7.67. The molecule has 2 aromatic rings. The van der Waals surface area contributed by atoms with Gasteiger partial charge in [-0.2, -0.15) is 4.31 Å². The molecule has 0 radical (unpaired) electrons. The summed E-state index contributed by atoms with van der Waals surface area (Å²) in [5.74, 6) is 1.21. The zero-order valence-corrected chi connectivity index (χ0v) is 19.6. The summed E-state index contributed by atoms with van der Waals surface area (Å²) in [6, 6.07) is 11.9. The number of carbonyl (C=O) groups is 1. The summed E-state index contributed by atoms with van der Waals surface area (Å²) in [6.45, 7) is 2.46. The van der Waals surface area contributed by atoms with Crippen LogP contribution < -0.4 is 19.5 Å². The third kappa shape index (κ3) is 4.99. The molecule has 0 bridgehead atoms. The van der Waals surface area contributed by atoms with Gasteiger partial charge in [-0.25, -0.2) is 8.42 Å². The lowest BCUT2D eigenvalue weighted by Crippen LogP contribution is -2.43. The molecule has 0 aliphatic carbocycles. The Kier molecular flexibility index (Phi) is 7.63. The first-order valence-corrected chi connectivity index (χ1v) is 11.9. The first kappa shape index (κ1) is 23.9. The highest BCUT2D eigenvalue weighted by molar-refractivity contribution is 7.89. The Morgan fingerprint density at radius 3 is 2.22 bits per heavy atom. The Hall–Kier alpha value is -2.78. The number of hydrogen-bond donors (Lipinski definition) is 1. The third-order valence-corrected chi connectivity index (χ3v) is 7.68. The minimum atomic E-state index is -3.69. The number of methoxy groups -OCH3 is 3. The molecule has 1 saturated heterocycles. The summed E-state index contributed by atoms with van der Waals surface area (Å²) in [6.07, 6.45) is 0.911. The lowest BCUT2D eigenvalue weighted by molar-refractivity contribution is -0.126. The normalized spacial score (nSPS) is 16.2. The molecule has 1 fully saturated rings. The van der Waals surface area contributed by atoms with Gasteiger partial charge in [0.25, 0.3) is 0 Å². The lowest BCUT2D eigenvalue weighted by Gasteiger charge is -2.31. The second-order valence-corrected chi connectivity index (χ2v) is 9.61. The predicted octanol–water partition coefficient (Wildman–Crippen LogP) is 2.99. The molecule has 1 atom stereocenters. The molecule has 174 valence electrons. The monoisotopic (exact) mass is 462 g/mol. The fourth-order valence-electron chi connectivity index (χ4n) is 3.92. The van der Waals surface area contributed by atoms with Gasteiger partial charge in [0.2, 0.25) is 15.9 Å².